The zero-order valence-electron chi connectivity index (χ0n) is 23.2. The Kier molecular flexibility index (Phi) is 7.04. The van der Waals surface area contributed by atoms with Crippen LogP contribution in [0.4, 0.5) is 14.5 Å². The SMILES string of the molecule is O=C1[C@H]2N=NN(CC(=O)N3N=C4/C(=C/c5ccc(F)cc5)CCC[C@H]4[C@H]3c3ccc(F)cc3)[C@H]2C(=O)N1c1ccc(Cl)cc1. The summed E-state index contributed by atoms with van der Waals surface area (Å²) in [5.41, 5.74) is 3.56. The fourth-order valence-electron chi connectivity index (χ4n) is 6.37. The normalized spacial score (nSPS) is 25.1. The summed E-state index contributed by atoms with van der Waals surface area (Å²) in [6, 6.07) is 15.8. The van der Waals surface area contributed by atoms with Gasteiger partial charge in [-0.25, -0.2) is 18.7 Å². The van der Waals surface area contributed by atoms with E-state index in [1.807, 2.05) is 6.08 Å². The van der Waals surface area contributed by atoms with Crippen molar-refractivity contribution in [3.05, 3.63) is 106 Å². The second-order valence-electron chi connectivity index (χ2n) is 11.1. The van der Waals surface area contributed by atoms with Gasteiger partial charge in [-0.15, -0.1) is 0 Å². The molecule has 0 aromatic heterocycles. The van der Waals surface area contributed by atoms with E-state index in [0.717, 1.165) is 41.0 Å². The monoisotopic (exact) mass is 614 g/mol. The highest BCUT2D eigenvalue weighted by Crippen LogP contribution is 2.45. The Morgan fingerprint density at radius 1 is 0.909 bits per heavy atom. The lowest BCUT2D eigenvalue weighted by Gasteiger charge is -2.30. The van der Waals surface area contributed by atoms with Crippen LogP contribution in [0.5, 0.6) is 0 Å². The lowest BCUT2D eigenvalue weighted by Crippen LogP contribution is -2.45. The average Bonchev–Trinajstić information content (AvgIpc) is 3.69. The Hall–Kier alpha value is -4.77. The third-order valence-corrected chi connectivity index (χ3v) is 8.67. The first-order valence-corrected chi connectivity index (χ1v) is 14.6. The van der Waals surface area contributed by atoms with Crippen molar-refractivity contribution in [3.63, 3.8) is 0 Å². The highest BCUT2D eigenvalue weighted by atomic mass is 35.5. The Morgan fingerprint density at radius 2 is 1.59 bits per heavy atom. The van der Waals surface area contributed by atoms with Gasteiger partial charge in [0.15, 0.2) is 12.1 Å². The van der Waals surface area contributed by atoms with Crippen LogP contribution in [0.15, 0.2) is 93.8 Å². The summed E-state index contributed by atoms with van der Waals surface area (Å²) in [6.45, 7) is -0.351. The first kappa shape index (κ1) is 28.0. The van der Waals surface area contributed by atoms with Crippen molar-refractivity contribution in [3.8, 4) is 0 Å². The van der Waals surface area contributed by atoms with E-state index in [1.54, 1.807) is 48.5 Å². The summed E-state index contributed by atoms with van der Waals surface area (Å²) < 4.78 is 27.4. The van der Waals surface area contributed by atoms with E-state index in [1.165, 1.54) is 34.3 Å². The zero-order valence-corrected chi connectivity index (χ0v) is 23.9. The summed E-state index contributed by atoms with van der Waals surface area (Å²) in [5.74, 6) is -2.42. The summed E-state index contributed by atoms with van der Waals surface area (Å²) in [7, 11) is 0. The van der Waals surface area contributed by atoms with Gasteiger partial charge in [0.1, 0.15) is 18.2 Å². The average molecular weight is 615 g/mol. The van der Waals surface area contributed by atoms with E-state index in [0.29, 0.717) is 16.3 Å². The van der Waals surface area contributed by atoms with Gasteiger partial charge in [0.2, 0.25) is 0 Å². The molecule has 0 N–H and O–H groups in total. The Labute approximate surface area is 256 Å². The van der Waals surface area contributed by atoms with Gasteiger partial charge >= 0.3 is 0 Å². The molecule has 222 valence electrons. The maximum Gasteiger partial charge on any atom is 0.264 e. The van der Waals surface area contributed by atoms with Crippen LogP contribution in [0.2, 0.25) is 5.02 Å². The highest BCUT2D eigenvalue weighted by molar-refractivity contribution is 6.31. The van der Waals surface area contributed by atoms with Crippen LogP contribution in [-0.2, 0) is 14.4 Å². The van der Waals surface area contributed by atoms with Crippen molar-refractivity contribution in [2.24, 2.45) is 21.4 Å². The van der Waals surface area contributed by atoms with Gasteiger partial charge in [0.05, 0.1) is 17.4 Å². The molecule has 2 fully saturated rings. The smallest absolute Gasteiger partial charge is 0.264 e. The topological polar surface area (TPSA) is 98.0 Å². The molecule has 4 atom stereocenters. The van der Waals surface area contributed by atoms with Crippen molar-refractivity contribution in [1.29, 1.82) is 0 Å². The molecule has 3 amide bonds. The molecule has 1 saturated carbocycles. The molecule has 0 bridgehead atoms. The predicted octanol–water partition coefficient (Wildman–Crippen LogP) is 5.73. The number of imide groups is 1. The van der Waals surface area contributed by atoms with Gasteiger partial charge in [0.25, 0.3) is 17.7 Å². The molecule has 44 heavy (non-hydrogen) atoms. The van der Waals surface area contributed by atoms with Crippen molar-refractivity contribution < 1.29 is 23.2 Å². The number of halogens is 3. The molecule has 3 aromatic rings. The van der Waals surface area contributed by atoms with Gasteiger partial charge in [-0.1, -0.05) is 41.1 Å². The third kappa shape index (κ3) is 4.86. The summed E-state index contributed by atoms with van der Waals surface area (Å²) in [4.78, 5) is 41.6. The fraction of sp³-hybridized carbons (Fsp3) is 0.250. The maximum absolute atomic E-state index is 14.0. The van der Waals surface area contributed by atoms with E-state index in [2.05, 4.69) is 10.3 Å². The molecule has 0 spiro atoms. The Morgan fingerprint density at radius 3 is 2.30 bits per heavy atom. The van der Waals surface area contributed by atoms with Gasteiger partial charge < -0.3 is 0 Å². The van der Waals surface area contributed by atoms with Crippen LogP contribution in [0.3, 0.4) is 0 Å². The first-order chi connectivity index (χ1) is 21.3. The van der Waals surface area contributed by atoms with Gasteiger partial charge in [-0.05, 0) is 90.6 Å². The van der Waals surface area contributed by atoms with Gasteiger partial charge in [0, 0.05) is 10.9 Å². The quantitative estimate of drug-likeness (QED) is 0.343. The summed E-state index contributed by atoms with van der Waals surface area (Å²) in [6.07, 6.45) is 4.28. The Bertz CT molecular complexity index is 1740. The number of carbonyl (C=O) groups is 3. The van der Waals surface area contributed by atoms with Crippen molar-refractivity contribution in [2.75, 3.05) is 11.4 Å². The Balaban J connectivity index is 1.18. The fourth-order valence-corrected chi connectivity index (χ4v) is 6.50. The van der Waals surface area contributed by atoms with E-state index < -0.39 is 41.7 Å². The number of fused-ring (bicyclic) bond motifs is 2. The van der Waals surface area contributed by atoms with Gasteiger partial charge in [-0.2, -0.15) is 10.2 Å². The molecule has 0 radical (unpaired) electrons. The van der Waals surface area contributed by atoms with Crippen LogP contribution in [0.1, 0.15) is 36.4 Å². The molecule has 7 rings (SSSR count). The predicted molar refractivity (Wildman–Crippen MR) is 158 cm³/mol. The molecule has 9 nitrogen and oxygen atoms in total. The van der Waals surface area contributed by atoms with Crippen LogP contribution in [0, 0.1) is 17.6 Å². The number of nitrogens with zero attached hydrogens (tertiary/aromatic N) is 6. The number of anilines is 1. The molecular weight excluding hydrogens is 590 g/mol. The second-order valence-corrected chi connectivity index (χ2v) is 11.6. The van der Waals surface area contributed by atoms with Crippen molar-refractivity contribution in [2.45, 2.75) is 37.4 Å². The molecule has 1 aliphatic carbocycles. The maximum atomic E-state index is 14.0. The van der Waals surface area contributed by atoms with Gasteiger partial charge in [-0.3, -0.25) is 19.4 Å². The molecule has 3 aliphatic heterocycles. The number of hydrogen-bond acceptors (Lipinski definition) is 7. The number of rotatable bonds is 5. The minimum Gasteiger partial charge on any atom is -0.271 e. The van der Waals surface area contributed by atoms with E-state index in [9.17, 15) is 23.2 Å². The molecule has 12 heteroatoms. The summed E-state index contributed by atoms with van der Waals surface area (Å²) in [5, 5.41) is 16.0. The van der Waals surface area contributed by atoms with Crippen molar-refractivity contribution in [1.82, 2.24) is 10.0 Å². The lowest BCUT2D eigenvalue weighted by molar-refractivity contribution is -0.136. The zero-order chi connectivity index (χ0) is 30.5. The highest BCUT2D eigenvalue weighted by Gasteiger charge is 2.55. The number of hydrogen-bond donors (Lipinski definition) is 0. The number of allylic oxidation sites excluding steroid dienone is 1. The van der Waals surface area contributed by atoms with E-state index in [4.69, 9.17) is 16.7 Å². The van der Waals surface area contributed by atoms with Crippen LogP contribution < -0.4 is 4.90 Å². The molecule has 3 heterocycles. The minimum absolute atomic E-state index is 0.159. The number of benzene rings is 3. The van der Waals surface area contributed by atoms with Crippen LogP contribution >= 0.6 is 11.6 Å². The largest absolute Gasteiger partial charge is 0.271 e. The molecule has 0 unspecified atom stereocenters. The van der Waals surface area contributed by atoms with E-state index in [-0.39, 0.29) is 18.3 Å². The molecular formula is C32H25ClF2N6O3. The summed E-state index contributed by atoms with van der Waals surface area (Å²) >= 11 is 5.98. The van der Waals surface area contributed by atoms with Crippen LogP contribution in [-0.4, -0.2) is 52.1 Å². The lowest BCUT2D eigenvalue weighted by atomic mass is 9.77. The molecule has 1 saturated heterocycles. The van der Waals surface area contributed by atoms with E-state index >= 15 is 0 Å². The number of carbonyl (C=O) groups excluding carboxylic acids is 3. The molecule has 3 aromatic carbocycles. The number of hydrazone groups is 1. The van der Waals surface area contributed by atoms with Crippen LogP contribution in [0.25, 0.3) is 6.08 Å². The molecule has 4 aliphatic rings. The van der Waals surface area contributed by atoms with Crippen molar-refractivity contribution >= 4 is 46.8 Å². The minimum atomic E-state index is -1.07. The first-order valence-electron chi connectivity index (χ1n) is 14.2. The standard InChI is InChI=1S/C32H25ClF2N6O3/c33-21-8-14-24(15-9-21)40-31(43)28-30(32(40)44)39(38-36-28)17-26(42)41-29(19-6-12-23(35)13-7-19)25-3-1-2-20(27(25)37-41)16-18-4-10-22(34)11-5-18/h4-16,25,28-30H,1-3,17H2/b20-16+/t25-,28+,29-,30-/m1/s1. The third-order valence-electron chi connectivity index (χ3n) is 8.42. The second kappa shape index (κ2) is 11.1. The number of amides is 3.